The second kappa shape index (κ2) is 10.9. The van der Waals surface area contributed by atoms with Crippen molar-refractivity contribution in [3.63, 3.8) is 0 Å². The van der Waals surface area contributed by atoms with E-state index in [2.05, 4.69) is 15.2 Å². The number of aliphatic imine (C=N–C) groups is 1. The summed E-state index contributed by atoms with van der Waals surface area (Å²) in [5.74, 6) is 1.26. The molecule has 5 nitrogen and oxygen atoms in total. The number of hydrogen-bond acceptors (Lipinski definition) is 3. The topological polar surface area (TPSA) is 60.7 Å². The molecule has 0 unspecified atom stereocenters. The molecule has 0 saturated carbocycles. The molecule has 28 heavy (non-hydrogen) atoms. The average Bonchev–Trinajstić information content (AvgIpc) is 2.71. The number of piperidine rings is 1. The van der Waals surface area contributed by atoms with E-state index in [9.17, 15) is 4.39 Å². The summed E-state index contributed by atoms with van der Waals surface area (Å²) >= 11 is 0. The number of para-hydroxylation sites is 1. The first kappa shape index (κ1) is 22.0. The van der Waals surface area contributed by atoms with Gasteiger partial charge in [0.1, 0.15) is 17.7 Å². The zero-order chi connectivity index (χ0) is 19.1. The Labute approximate surface area is 182 Å². The van der Waals surface area contributed by atoms with Gasteiger partial charge in [0.2, 0.25) is 0 Å². The van der Waals surface area contributed by atoms with E-state index >= 15 is 0 Å². The maximum atomic E-state index is 14.0. The van der Waals surface area contributed by atoms with Gasteiger partial charge in [-0.25, -0.2) is 4.39 Å². The molecule has 1 saturated heterocycles. The molecular weight excluding hydrogens is 470 g/mol. The van der Waals surface area contributed by atoms with Crippen LogP contribution in [0.4, 0.5) is 4.39 Å². The number of ether oxygens (including phenoxy) is 1. The Kier molecular flexibility index (Phi) is 8.51. The molecule has 0 aromatic heterocycles. The van der Waals surface area contributed by atoms with Gasteiger partial charge in [-0.3, -0.25) is 4.99 Å². The first-order valence-corrected chi connectivity index (χ1v) is 9.05. The number of nitrogens with zero attached hydrogens (tertiary/aromatic N) is 3. The molecule has 1 heterocycles. The number of nitriles is 1. The maximum Gasteiger partial charge on any atom is 0.193 e. The maximum absolute atomic E-state index is 14.0. The number of rotatable bonds is 4. The van der Waals surface area contributed by atoms with Crippen molar-refractivity contribution in [2.75, 3.05) is 20.1 Å². The first-order valence-electron chi connectivity index (χ1n) is 9.05. The van der Waals surface area contributed by atoms with E-state index in [0.29, 0.717) is 17.7 Å². The van der Waals surface area contributed by atoms with E-state index in [1.54, 1.807) is 19.2 Å². The lowest BCUT2D eigenvalue weighted by atomic mass is 10.1. The van der Waals surface area contributed by atoms with Gasteiger partial charge in [0.25, 0.3) is 0 Å². The Bertz CT molecular complexity index is 830. The second-order valence-corrected chi connectivity index (χ2v) is 6.44. The van der Waals surface area contributed by atoms with Crippen molar-refractivity contribution in [3.8, 4) is 11.8 Å². The van der Waals surface area contributed by atoms with Crippen LogP contribution >= 0.6 is 24.0 Å². The van der Waals surface area contributed by atoms with Crippen molar-refractivity contribution in [1.29, 1.82) is 5.26 Å². The highest BCUT2D eigenvalue weighted by molar-refractivity contribution is 14.0. The van der Waals surface area contributed by atoms with E-state index in [4.69, 9.17) is 10.00 Å². The summed E-state index contributed by atoms with van der Waals surface area (Å²) in [6, 6.07) is 16.3. The summed E-state index contributed by atoms with van der Waals surface area (Å²) < 4.78 is 20.1. The minimum absolute atomic E-state index is 0. The number of benzene rings is 2. The number of halogens is 2. The third kappa shape index (κ3) is 5.83. The summed E-state index contributed by atoms with van der Waals surface area (Å²) in [7, 11) is 1.73. The molecular formula is C21H24FIN4O. The predicted molar refractivity (Wildman–Crippen MR) is 118 cm³/mol. The monoisotopic (exact) mass is 494 g/mol. The summed E-state index contributed by atoms with van der Waals surface area (Å²) in [4.78, 5) is 6.47. The Morgan fingerprint density at radius 3 is 2.57 bits per heavy atom. The molecule has 148 valence electrons. The number of nitrogens with one attached hydrogen (secondary N) is 1. The third-order valence-electron chi connectivity index (χ3n) is 4.62. The summed E-state index contributed by atoms with van der Waals surface area (Å²) in [5, 5.41) is 12.0. The van der Waals surface area contributed by atoms with E-state index in [1.165, 1.54) is 6.07 Å². The molecule has 0 spiro atoms. The van der Waals surface area contributed by atoms with Crippen LogP contribution in [0.1, 0.15) is 24.0 Å². The molecule has 1 N–H and O–H groups in total. The molecule has 0 bridgehead atoms. The van der Waals surface area contributed by atoms with Gasteiger partial charge in [0, 0.05) is 45.1 Å². The molecule has 0 atom stereocenters. The lowest BCUT2D eigenvalue weighted by molar-refractivity contribution is 0.129. The summed E-state index contributed by atoms with van der Waals surface area (Å²) in [5.41, 5.74) is 0.832. The van der Waals surface area contributed by atoms with Crippen LogP contribution in [0, 0.1) is 17.1 Å². The quantitative estimate of drug-likeness (QED) is 0.398. The SMILES string of the molecule is CN=C(NCc1ccc(C#N)cc1F)N1CCC(Oc2ccccc2)CC1.I. The molecule has 2 aromatic rings. The fourth-order valence-electron chi connectivity index (χ4n) is 3.14. The Morgan fingerprint density at radius 1 is 1.25 bits per heavy atom. The Hall–Kier alpha value is -2.34. The first-order chi connectivity index (χ1) is 13.2. The van der Waals surface area contributed by atoms with Crippen molar-refractivity contribution < 1.29 is 9.13 Å². The normalized spacial score (nSPS) is 14.8. The minimum atomic E-state index is -0.382. The van der Waals surface area contributed by atoms with Crippen molar-refractivity contribution in [2.45, 2.75) is 25.5 Å². The molecule has 2 aromatic carbocycles. The molecule has 0 radical (unpaired) electrons. The zero-order valence-corrected chi connectivity index (χ0v) is 18.1. The highest BCUT2D eigenvalue weighted by Crippen LogP contribution is 2.19. The number of hydrogen-bond donors (Lipinski definition) is 1. The predicted octanol–water partition coefficient (Wildman–Crippen LogP) is 3.93. The van der Waals surface area contributed by atoms with Crippen LogP contribution < -0.4 is 10.1 Å². The largest absolute Gasteiger partial charge is 0.490 e. The van der Waals surface area contributed by atoms with Crippen LogP contribution in [-0.2, 0) is 6.54 Å². The summed E-state index contributed by atoms with van der Waals surface area (Å²) in [6.45, 7) is 1.98. The molecule has 1 aliphatic heterocycles. The van der Waals surface area contributed by atoms with Crippen LogP contribution in [0.2, 0.25) is 0 Å². The third-order valence-corrected chi connectivity index (χ3v) is 4.62. The lowest BCUT2D eigenvalue weighted by Crippen LogP contribution is -2.47. The van der Waals surface area contributed by atoms with Crippen molar-refractivity contribution in [1.82, 2.24) is 10.2 Å². The van der Waals surface area contributed by atoms with Gasteiger partial charge < -0.3 is 15.0 Å². The van der Waals surface area contributed by atoms with Gasteiger partial charge in [-0.1, -0.05) is 24.3 Å². The van der Waals surface area contributed by atoms with E-state index < -0.39 is 0 Å². The molecule has 0 amide bonds. The van der Waals surface area contributed by atoms with Gasteiger partial charge in [-0.2, -0.15) is 5.26 Å². The molecule has 1 fully saturated rings. The highest BCUT2D eigenvalue weighted by atomic mass is 127. The van der Waals surface area contributed by atoms with Crippen LogP contribution in [0.15, 0.2) is 53.5 Å². The number of likely N-dealkylation sites (tertiary alicyclic amines) is 1. The van der Waals surface area contributed by atoms with Crippen LogP contribution in [0.5, 0.6) is 5.75 Å². The molecule has 0 aliphatic carbocycles. The zero-order valence-electron chi connectivity index (χ0n) is 15.8. The minimum Gasteiger partial charge on any atom is -0.490 e. The molecule has 7 heteroatoms. The van der Waals surface area contributed by atoms with E-state index in [0.717, 1.165) is 37.6 Å². The fourth-order valence-corrected chi connectivity index (χ4v) is 3.14. The molecule has 1 aliphatic rings. The average molecular weight is 494 g/mol. The van der Waals surface area contributed by atoms with Gasteiger partial charge in [-0.05, 0) is 24.3 Å². The van der Waals surface area contributed by atoms with Gasteiger partial charge in [-0.15, -0.1) is 24.0 Å². The van der Waals surface area contributed by atoms with E-state index in [-0.39, 0.29) is 35.9 Å². The van der Waals surface area contributed by atoms with Crippen molar-refractivity contribution >= 4 is 29.9 Å². The summed E-state index contributed by atoms with van der Waals surface area (Å²) in [6.07, 6.45) is 2.00. The van der Waals surface area contributed by atoms with E-state index in [1.807, 2.05) is 36.4 Å². The van der Waals surface area contributed by atoms with Crippen LogP contribution in [0.3, 0.4) is 0 Å². The lowest BCUT2D eigenvalue weighted by Gasteiger charge is -2.34. The van der Waals surface area contributed by atoms with Crippen molar-refractivity contribution in [3.05, 3.63) is 65.5 Å². The fraction of sp³-hybridized carbons (Fsp3) is 0.333. The van der Waals surface area contributed by atoms with Crippen LogP contribution in [-0.4, -0.2) is 37.1 Å². The second-order valence-electron chi connectivity index (χ2n) is 6.44. The standard InChI is InChI=1S/C21H23FN4O.HI/c1-24-21(25-15-17-8-7-16(14-23)13-20(17)22)26-11-9-19(10-12-26)27-18-5-3-2-4-6-18;/h2-8,13,19H,9-12,15H2,1H3,(H,24,25);1H. The van der Waals surface area contributed by atoms with Gasteiger partial charge >= 0.3 is 0 Å². The Morgan fingerprint density at radius 2 is 1.96 bits per heavy atom. The smallest absolute Gasteiger partial charge is 0.193 e. The Balaban J connectivity index is 0.00000280. The van der Waals surface area contributed by atoms with Crippen LogP contribution in [0.25, 0.3) is 0 Å². The van der Waals surface area contributed by atoms with Gasteiger partial charge in [0.05, 0.1) is 11.6 Å². The van der Waals surface area contributed by atoms with Crippen molar-refractivity contribution in [2.24, 2.45) is 4.99 Å². The number of guanidine groups is 1. The highest BCUT2D eigenvalue weighted by Gasteiger charge is 2.22. The van der Waals surface area contributed by atoms with Gasteiger partial charge in [0.15, 0.2) is 5.96 Å². The molecule has 3 rings (SSSR count).